The number of ether oxygens (including phenoxy) is 1. The third kappa shape index (κ3) is 7.64. The quantitative estimate of drug-likeness (QED) is 0.363. The molecule has 3 heterocycles. The van der Waals surface area contributed by atoms with E-state index in [1.807, 2.05) is 56.4 Å². The average molecular weight is 476 g/mol. The van der Waals surface area contributed by atoms with E-state index in [0.717, 1.165) is 49.3 Å². The summed E-state index contributed by atoms with van der Waals surface area (Å²) in [7, 11) is 0. The molecular formula is C26H33N7O2. The molecule has 0 aliphatic carbocycles. The van der Waals surface area contributed by atoms with Crippen molar-refractivity contribution in [2.45, 2.75) is 26.7 Å². The first-order chi connectivity index (χ1) is 17.2. The zero-order valence-electron chi connectivity index (χ0n) is 20.3. The minimum Gasteiger partial charge on any atom is -0.491 e. The van der Waals surface area contributed by atoms with Gasteiger partial charge < -0.3 is 25.8 Å². The van der Waals surface area contributed by atoms with Crippen molar-refractivity contribution in [1.29, 1.82) is 5.26 Å². The van der Waals surface area contributed by atoms with Crippen LogP contribution in [0.15, 0.2) is 48.9 Å². The fourth-order valence-corrected chi connectivity index (χ4v) is 3.72. The van der Waals surface area contributed by atoms with Gasteiger partial charge in [0.1, 0.15) is 30.1 Å². The second-order valence-corrected chi connectivity index (χ2v) is 7.81. The molecule has 2 aromatic heterocycles. The number of hydrogen-bond acceptors (Lipinski definition) is 9. The van der Waals surface area contributed by atoms with Crippen LogP contribution in [0.4, 0.5) is 17.3 Å². The summed E-state index contributed by atoms with van der Waals surface area (Å²) in [5.74, 6) is 2.47. The van der Waals surface area contributed by atoms with Gasteiger partial charge in [-0.05, 0) is 49.5 Å². The number of hydrogen-bond donors (Lipinski definition) is 4. The molecule has 4 rings (SSSR count). The molecule has 0 spiro atoms. The molecule has 0 atom stereocenters. The summed E-state index contributed by atoms with van der Waals surface area (Å²) in [5, 5.41) is 28.0. The molecule has 1 aromatic carbocycles. The molecule has 1 saturated heterocycles. The number of aromatic nitrogens is 3. The fourth-order valence-electron chi connectivity index (χ4n) is 3.72. The topological polar surface area (TPSA) is 128 Å². The van der Waals surface area contributed by atoms with Gasteiger partial charge in [-0.3, -0.25) is 0 Å². The van der Waals surface area contributed by atoms with Crippen LogP contribution in [0.3, 0.4) is 0 Å². The Morgan fingerprint density at radius 1 is 1.06 bits per heavy atom. The highest BCUT2D eigenvalue weighted by Crippen LogP contribution is 2.31. The van der Waals surface area contributed by atoms with E-state index in [1.54, 1.807) is 0 Å². The van der Waals surface area contributed by atoms with Crippen LogP contribution >= 0.6 is 0 Å². The molecule has 1 aliphatic heterocycles. The number of aliphatic hydroxyl groups is 1. The van der Waals surface area contributed by atoms with Gasteiger partial charge in [0.2, 0.25) is 0 Å². The number of nitrogens with one attached hydrogen (secondary N) is 3. The van der Waals surface area contributed by atoms with Gasteiger partial charge in [0, 0.05) is 30.1 Å². The average Bonchev–Trinajstić information content (AvgIpc) is 2.93. The third-order valence-electron chi connectivity index (χ3n) is 5.49. The molecule has 0 unspecified atom stereocenters. The second kappa shape index (κ2) is 13.8. The van der Waals surface area contributed by atoms with Crippen molar-refractivity contribution in [2.75, 3.05) is 43.5 Å². The molecule has 1 aliphatic rings. The minimum atomic E-state index is -0.0193. The Bertz CT molecular complexity index is 1080. The molecule has 0 amide bonds. The van der Waals surface area contributed by atoms with Crippen LogP contribution in [-0.4, -0.2) is 52.9 Å². The third-order valence-corrected chi connectivity index (χ3v) is 5.49. The Balaban J connectivity index is 0.00000167. The van der Waals surface area contributed by atoms with Crippen molar-refractivity contribution in [2.24, 2.45) is 5.92 Å². The van der Waals surface area contributed by atoms with E-state index in [4.69, 9.17) is 15.1 Å². The smallest absolute Gasteiger partial charge is 0.158 e. The van der Waals surface area contributed by atoms with Crippen molar-refractivity contribution in [1.82, 2.24) is 20.3 Å². The van der Waals surface area contributed by atoms with E-state index in [0.29, 0.717) is 23.3 Å². The van der Waals surface area contributed by atoms with Crippen molar-refractivity contribution in [3.63, 3.8) is 0 Å². The summed E-state index contributed by atoms with van der Waals surface area (Å²) >= 11 is 0. The molecule has 35 heavy (non-hydrogen) atoms. The number of aliphatic hydroxyl groups excluding tert-OH is 1. The minimum absolute atomic E-state index is 0.0193. The molecule has 184 valence electrons. The summed E-state index contributed by atoms with van der Waals surface area (Å²) in [6, 6.07) is 11.7. The van der Waals surface area contributed by atoms with Crippen LogP contribution < -0.4 is 20.7 Å². The number of pyridine rings is 1. The first-order valence-electron chi connectivity index (χ1n) is 12.0. The molecule has 0 saturated carbocycles. The molecule has 0 bridgehead atoms. The van der Waals surface area contributed by atoms with Crippen molar-refractivity contribution in [3.05, 3.63) is 54.6 Å². The van der Waals surface area contributed by atoms with Gasteiger partial charge in [-0.15, -0.1) is 0 Å². The largest absolute Gasteiger partial charge is 0.491 e. The van der Waals surface area contributed by atoms with Crippen LogP contribution in [0.5, 0.6) is 5.75 Å². The van der Waals surface area contributed by atoms with Gasteiger partial charge in [-0.1, -0.05) is 26.0 Å². The van der Waals surface area contributed by atoms with Crippen LogP contribution in [0.2, 0.25) is 0 Å². The Kier molecular flexibility index (Phi) is 10.2. The lowest BCUT2D eigenvalue weighted by molar-refractivity contribution is 0.201. The van der Waals surface area contributed by atoms with Crippen molar-refractivity contribution >= 4 is 17.3 Å². The van der Waals surface area contributed by atoms with Crippen molar-refractivity contribution in [3.8, 4) is 22.9 Å². The first-order valence-corrected chi connectivity index (χ1v) is 12.0. The number of nitrogens with zero attached hydrogens (tertiary/aromatic N) is 4. The van der Waals surface area contributed by atoms with E-state index < -0.39 is 0 Å². The number of benzene rings is 1. The maximum absolute atomic E-state index is 8.95. The van der Waals surface area contributed by atoms with Gasteiger partial charge in [0.05, 0.1) is 19.0 Å². The van der Waals surface area contributed by atoms with E-state index >= 15 is 0 Å². The maximum atomic E-state index is 8.95. The molecule has 9 heteroatoms. The van der Waals surface area contributed by atoms with Crippen LogP contribution in [-0.2, 0) is 0 Å². The van der Waals surface area contributed by atoms with Crippen molar-refractivity contribution < 1.29 is 9.84 Å². The van der Waals surface area contributed by atoms with Crippen LogP contribution in [0.25, 0.3) is 11.1 Å². The molecule has 9 nitrogen and oxygen atoms in total. The van der Waals surface area contributed by atoms with E-state index in [1.165, 1.54) is 12.4 Å². The Morgan fingerprint density at radius 3 is 2.46 bits per heavy atom. The summed E-state index contributed by atoms with van der Waals surface area (Å²) in [6.45, 7) is 7.23. The zero-order chi connectivity index (χ0) is 24.9. The molecular weight excluding hydrogens is 442 g/mol. The van der Waals surface area contributed by atoms with Crippen LogP contribution in [0, 0.1) is 17.2 Å². The Morgan fingerprint density at radius 2 is 1.80 bits per heavy atom. The normalized spacial score (nSPS) is 13.2. The highest BCUT2D eigenvalue weighted by atomic mass is 16.5. The zero-order valence-corrected chi connectivity index (χ0v) is 20.3. The maximum Gasteiger partial charge on any atom is 0.158 e. The van der Waals surface area contributed by atoms with E-state index in [2.05, 4.69) is 30.9 Å². The van der Waals surface area contributed by atoms with Gasteiger partial charge in [-0.25, -0.2) is 15.0 Å². The first kappa shape index (κ1) is 25.9. The van der Waals surface area contributed by atoms with E-state index in [9.17, 15) is 0 Å². The lowest BCUT2D eigenvalue weighted by Gasteiger charge is -2.24. The predicted molar refractivity (Wildman–Crippen MR) is 138 cm³/mol. The molecule has 3 aromatic rings. The standard InChI is InChI=1S/C24H27N7O2.C2H6/c25-12-19-14-29-24(16-27-19)31-23-11-22(28-13-17-5-7-26-8-6-17)21(15-30-23)18-1-3-20(4-2-18)33-10-9-32;1-2/h1-4,11,14-17,26,32H,5-10,13H2,(H2,28,29,30,31);1-2H3. The number of anilines is 3. The fraction of sp³-hybridized carbons (Fsp3) is 0.385. The highest BCUT2D eigenvalue weighted by molar-refractivity contribution is 5.79. The Labute approximate surface area is 206 Å². The molecule has 1 fully saturated rings. The molecule has 0 radical (unpaired) electrons. The van der Waals surface area contributed by atoms with Gasteiger partial charge in [0.15, 0.2) is 5.69 Å². The SMILES string of the molecule is CC.N#Cc1cnc(Nc2cc(NCC3CCNCC3)c(-c3ccc(OCCO)cc3)cn2)cn1. The van der Waals surface area contributed by atoms with E-state index in [-0.39, 0.29) is 18.9 Å². The second-order valence-electron chi connectivity index (χ2n) is 7.81. The predicted octanol–water partition coefficient (Wildman–Crippen LogP) is 3.96. The van der Waals surface area contributed by atoms with Gasteiger partial charge >= 0.3 is 0 Å². The highest BCUT2D eigenvalue weighted by Gasteiger charge is 2.15. The number of piperidine rings is 1. The summed E-state index contributed by atoms with van der Waals surface area (Å²) in [6.07, 6.45) is 7.06. The number of nitriles is 1. The Hall–Kier alpha value is -3.74. The lowest BCUT2D eigenvalue weighted by atomic mass is 9.97. The summed E-state index contributed by atoms with van der Waals surface area (Å²) in [5.41, 5.74) is 3.22. The summed E-state index contributed by atoms with van der Waals surface area (Å²) < 4.78 is 5.47. The van der Waals surface area contributed by atoms with Crippen LogP contribution in [0.1, 0.15) is 32.4 Å². The van der Waals surface area contributed by atoms with Gasteiger partial charge in [0.25, 0.3) is 0 Å². The molecule has 4 N–H and O–H groups in total. The van der Waals surface area contributed by atoms with Gasteiger partial charge in [-0.2, -0.15) is 5.26 Å². The summed E-state index contributed by atoms with van der Waals surface area (Å²) in [4.78, 5) is 12.8. The number of rotatable bonds is 9. The monoisotopic (exact) mass is 475 g/mol. The lowest BCUT2D eigenvalue weighted by Crippen LogP contribution is -2.31.